The van der Waals surface area contributed by atoms with E-state index in [1.165, 1.54) is 0 Å². The number of fused-ring (bicyclic) bond motifs is 1. The summed E-state index contributed by atoms with van der Waals surface area (Å²) < 4.78 is 5.23. The number of benzene rings is 1. The number of nitrogens with two attached hydrogens (primary N) is 1. The molecule has 0 aliphatic rings. The number of ether oxygens (including phenoxy) is 1. The zero-order valence-electron chi connectivity index (χ0n) is 11.7. The molecule has 106 valence electrons. The van der Waals surface area contributed by atoms with E-state index in [2.05, 4.69) is 15.4 Å². The van der Waals surface area contributed by atoms with Crippen LogP contribution in [-0.4, -0.2) is 17.1 Å². The largest absolute Gasteiger partial charge is 0.495 e. The Morgan fingerprint density at radius 1 is 1.19 bits per heavy atom. The molecule has 0 saturated carbocycles. The van der Waals surface area contributed by atoms with Crippen molar-refractivity contribution in [2.45, 2.75) is 6.04 Å². The van der Waals surface area contributed by atoms with Crippen LogP contribution in [0.25, 0.3) is 10.9 Å². The normalized spacial score (nSPS) is 12.3. The number of para-hydroxylation sites is 1. The predicted molar refractivity (Wildman–Crippen MR) is 81.7 cm³/mol. The lowest BCUT2D eigenvalue weighted by Gasteiger charge is -2.18. The zero-order valence-corrected chi connectivity index (χ0v) is 11.7. The molecule has 1 atom stereocenters. The van der Waals surface area contributed by atoms with Crippen LogP contribution in [0.4, 0.5) is 0 Å². The molecule has 0 amide bonds. The van der Waals surface area contributed by atoms with Gasteiger partial charge in [-0.05, 0) is 29.3 Å². The first-order valence-corrected chi connectivity index (χ1v) is 6.62. The predicted octanol–water partition coefficient (Wildman–Crippen LogP) is 2.19. The molecule has 0 fully saturated rings. The molecule has 0 bridgehead atoms. The lowest BCUT2D eigenvalue weighted by atomic mass is 9.97. The highest BCUT2D eigenvalue weighted by Gasteiger charge is 2.16. The number of rotatable bonds is 4. The van der Waals surface area contributed by atoms with Crippen molar-refractivity contribution >= 4 is 10.9 Å². The Morgan fingerprint density at radius 2 is 2.05 bits per heavy atom. The summed E-state index contributed by atoms with van der Waals surface area (Å²) in [5.74, 6) is 6.48. The molecule has 1 unspecified atom stereocenters. The minimum atomic E-state index is -0.180. The Hall–Kier alpha value is -2.50. The SMILES string of the molecule is COc1cncc(C(NN)c2ccnc3ccccc23)c1. The maximum Gasteiger partial charge on any atom is 0.137 e. The Balaban J connectivity index is 2.13. The topological polar surface area (TPSA) is 73.1 Å². The van der Waals surface area contributed by atoms with Crippen LogP contribution >= 0.6 is 0 Å². The quantitative estimate of drug-likeness (QED) is 0.566. The molecule has 1 aromatic carbocycles. The first-order chi connectivity index (χ1) is 10.3. The number of aromatic nitrogens is 2. The van der Waals surface area contributed by atoms with Crippen molar-refractivity contribution in [3.05, 3.63) is 66.1 Å². The van der Waals surface area contributed by atoms with Crippen LogP contribution in [0.2, 0.25) is 0 Å². The fourth-order valence-corrected chi connectivity index (χ4v) is 2.44. The second-order valence-electron chi connectivity index (χ2n) is 4.68. The molecule has 2 aromatic heterocycles. The number of hydrazine groups is 1. The maximum absolute atomic E-state index is 5.78. The van der Waals surface area contributed by atoms with E-state index in [-0.39, 0.29) is 6.04 Å². The van der Waals surface area contributed by atoms with E-state index in [1.807, 2.05) is 36.4 Å². The average Bonchev–Trinajstić information content (AvgIpc) is 2.56. The molecule has 0 radical (unpaired) electrons. The van der Waals surface area contributed by atoms with Gasteiger partial charge in [-0.25, -0.2) is 5.43 Å². The summed E-state index contributed by atoms with van der Waals surface area (Å²) in [5.41, 5.74) is 5.78. The van der Waals surface area contributed by atoms with Crippen molar-refractivity contribution < 1.29 is 4.74 Å². The molecule has 0 aliphatic carbocycles. The van der Waals surface area contributed by atoms with Gasteiger partial charge in [-0.15, -0.1) is 0 Å². The highest BCUT2D eigenvalue weighted by Crippen LogP contribution is 2.28. The van der Waals surface area contributed by atoms with Crippen molar-refractivity contribution in [3.63, 3.8) is 0 Å². The number of nitrogens with zero attached hydrogens (tertiary/aromatic N) is 2. The van der Waals surface area contributed by atoms with Crippen molar-refractivity contribution in [1.82, 2.24) is 15.4 Å². The second-order valence-corrected chi connectivity index (χ2v) is 4.68. The maximum atomic E-state index is 5.78. The van der Waals surface area contributed by atoms with Crippen LogP contribution in [-0.2, 0) is 0 Å². The first kappa shape index (κ1) is 13.5. The molecule has 0 aliphatic heterocycles. The van der Waals surface area contributed by atoms with Gasteiger partial charge in [0.2, 0.25) is 0 Å². The third-order valence-corrected chi connectivity index (χ3v) is 3.46. The molecular weight excluding hydrogens is 264 g/mol. The summed E-state index contributed by atoms with van der Waals surface area (Å²) in [7, 11) is 1.62. The van der Waals surface area contributed by atoms with E-state index in [0.717, 1.165) is 22.0 Å². The van der Waals surface area contributed by atoms with Crippen molar-refractivity contribution in [2.75, 3.05) is 7.11 Å². The minimum absolute atomic E-state index is 0.180. The van der Waals surface area contributed by atoms with Crippen molar-refractivity contribution in [2.24, 2.45) is 5.84 Å². The smallest absolute Gasteiger partial charge is 0.137 e. The minimum Gasteiger partial charge on any atom is -0.495 e. The summed E-state index contributed by atoms with van der Waals surface area (Å²) in [4.78, 5) is 8.57. The van der Waals surface area contributed by atoms with Gasteiger partial charge in [-0.3, -0.25) is 15.8 Å². The fourth-order valence-electron chi connectivity index (χ4n) is 2.44. The molecule has 21 heavy (non-hydrogen) atoms. The lowest BCUT2D eigenvalue weighted by Crippen LogP contribution is -2.29. The van der Waals surface area contributed by atoms with Gasteiger partial charge >= 0.3 is 0 Å². The number of pyridine rings is 2. The van der Waals surface area contributed by atoms with Crippen LogP contribution in [0, 0.1) is 0 Å². The second kappa shape index (κ2) is 5.87. The van der Waals surface area contributed by atoms with Gasteiger partial charge in [0.25, 0.3) is 0 Å². The van der Waals surface area contributed by atoms with Gasteiger partial charge in [-0.2, -0.15) is 0 Å². The van der Waals surface area contributed by atoms with Gasteiger partial charge in [0.05, 0.1) is 24.9 Å². The highest BCUT2D eigenvalue weighted by atomic mass is 16.5. The van der Waals surface area contributed by atoms with Crippen LogP contribution in [0.5, 0.6) is 5.75 Å². The monoisotopic (exact) mass is 280 g/mol. The Labute approximate surface area is 122 Å². The Morgan fingerprint density at radius 3 is 2.86 bits per heavy atom. The standard InChI is InChI=1S/C16H16N4O/c1-21-12-8-11(9-18-10-12)16(20-17)14-6-7-19-15-5-3-2-4-13(14)15/h2-10,16,20H,17H2,1H3. The Kier molecular flexibility index (Phi) is 3.77. The lowest BCUT2D eigenvalue weighted by molar-refractivity contribution is 0.411. The Bertz CT molecular complexity index is 755. The number of nitrogens with one attached hydrogen (secondary N) is 1. The van der Waals surface area contributed by atoms with E-state index in [9.17, 15) is 0 Å². The van der Waals surface area contributed by atoms with Crippen LogP contribution in [0.15, 0.2) is 55.0 Å². The molecule has 0 spiro atoms. The molecule has 5 heteroatoms. The van der Waals surface area contributed by atoms with Gasteiger partial charge in [0.1, 0.15) is 5.75 Å². The van der Waals surface area contributed by atoms with Crippen molar-refractivity contribution in [1.29, 1.82) is 0 Å². The highest BCUT2D eigenvalue weighted by molar-refractivity contribution is 5.82. The van der Waals surface area contributed by atoms with E-state index in [4.69, 9.17) is 10.6 Å². The van der Waals surface area contributed by atoms with Crippen LogP contribution in [0.1, 0.15) is 17.2 Å². The molecule has 0 saturated heterocycles. The molecule has 5 nitrogen and oxygen atoms in total. The third-order valence-electron chi connectivity index (χ3n) is 3.46. The fraction of sp³-hybridized carbons (Fsp3) is 0.125. The van der Waals surface area contributed by atoms with Gasteiger partial charge in [-0.1, -0.05) is 18.2 Å². The molecule has 3 N–H and O–H groups in total. The number of hydrogen-bond donors (Lipinski definition) is 2. The zero-order chi connectivity index (χ0) is 14.7. The molecular formula is C16H16N4O. The van der Waals surface area contributed by atoms with Gasteiger partial charge in [0.15, 0.2) is 0 Å². The summed E-state index contributed by atoms with van der Waals surface area (Å²) in [5, 5.41) is 1.06. The summed E-state index contributed by atoms with van der Waals surface area (Å²) in [6.45, 7) is 0. The number of hydrogen-bond acceptors (Lipinski definition) is 5. The molecule has 2 heterocycles. The number of methoxy groups -OCH3 is 1. The average molecular weight is 280 g/mol. The van der Waals surface area contributed by atoms with Gasteiger partial charge < -0.3 is 4.74 Å². The first-order valence-electron chi connectivity index (χ1n) is 6.62. The van der Waals surface area contributed by atoms with Gasteiger partial charge in [0, 0.05) is 17.8 Å². The van der Waals surface area contributed by atoms with E-state index in [0.29, 0.717) is 5.75 Å². The van der Waals surface area contributed by atoms with Crippen LogP contribution in [0.3, 0.4) is 0 Å². The summed E-state index contributed by atoms with van der Waals surface area (Å²) in [6, 6.07) is 11.7. The molecule has 3 aromatic rings. The summed E-state index contributed by atoms with van der Waals surface area (Å²) in [6.07, 6.45) is 5.24. The van der Waals surface area contributed by atoms with E-state index < -0.39 is 0 Å². The van der Waals surface area contributed by atoms with Crippen LogP contribution < -0.4 is 16.0 Å². The van der Waals surface area contributed by atoms with Crippen molar-refractivity contribution in [3.8, 4) is 5.75 Å². The molecule has 3 rings (SSSR count). The summed E-state index contributed by atoms with van der Waals surface area (Å²) >= 11 is 0. The van der Waals surface area contributed by atoms with E-state index >= 15 is 0 Å². The third kappa shape index (κ3) is 2.56. The van der Waals surface area contributed by atoms with E-state index in [1.54, 1.807) is 25.7 Å².